The van der Waals surface area contributed by atoms with E-state index in [-0.39, 0.29) is 5.97 Å². The van der Waals surface area contributed by atoms with Crippen LogP contribution >= 0.6 is 0 Å². The maximum atomic E-state index is 11.8. The molecule has 0 atom stereocenters. The smallest absolute Gasteiger partial charge is 0.305 e. The largest absolute Gasteiger partial charge is 0.465 e. The Hall–Kier alpha value is -1.05. The first kappa shape index (κ1) is 30.9. The van der Waals surface area contributed by atoms with Crippen LogP contribution in [0.3, 0.4) is 0 Å². The first-order chi connectivity index (χ1) is 15.7. The predicted octanol–water partition coefficient (Wildman–Crippen LogP) is 6.89. The maximum Gasteiger partial charge on any atom is 0.305 e. The summed E-state index contributed by atoms with van der Waals surface area (Å²) in [6, 6.07) is 0. The molecule has 0 aliphatic carbocycles. The molecule has 0 aromatic carbocycles. The van der Waals surface area contributed by atoms with Crippen LogP contribution < -0.4 is 0 Å². The second-order valence-corrected chi connectivity index (χ2v) is 8.99. The van der Waals surface area contributed by atoms with Crippen LogP contribution in [0.2, 0.25) is 0 Å². The molecular formula is C28H53NO3. The fourth-order valence-electron chi connectivity index (χ4n) is 3.76. The number of rotatable bonds is 23. The van der Waals surface area contributed by atoms with E-state index in [1.165, 1.54) is 77.3 Å². The van der Waals surface area contributed by atoms with Crippen LogP contribution in [0, 0.1) is 11.8 Å². The fraction of sp³-hybridized carbons (Fsp3) is 0.893. The van der Waals surface area contributed by atoms with Gasteiger partial charge in [-0.15, -0.1) is 5.92 Å². The lowest BCUT2D eigenvalue weighted by Gasteiger charge is -2.22. The van der Waals surface area contributed by atoms with Crippen molar-refractivity contribution in [1.29, 1.82) is 0 Å². The van der Waals surface area contributed by atoms with Gasteiger partial charge in [0.25, 0.3) is 0 Å². The third-order valence-corrected chi connectivity index (χ3v) is 5.84. The summed E-state index contributed by atoms with van der Waals surface area (Å²) in [7, 11) is 0. The zero-order valence-corrected chi connectivity index (χ0v) is 21.5. The molecule has 0 saturated carbocycles. The zero-order valence-electron chi connectivity index (χ0n) is 21.5. The van der Waals surface area contributed by atoms with Crippen LogP contribution in [-0.2, 0) is 9.53 Å². The summed E-state index contributed by atoms with van der Waals surface area (Å²) in [4.78, 5) is 14.4. The Morgan fingerprint density at radius 3 is 1.84 bits per heavy atom. The molecule has 0 aromatic heterocycles. The molecule has 32 heavy (non-hydrogen) atoms. The molecule has 0 saturated heterocycles. The van der Waals surface area contributed by atoms with Crippen molar-refractivity contribution in [3.05, 3.63) is 0 Å². The van der Waals surface area contributed by atoms with Gasteiger partial charge < -0.3 is 14.7 Å². The van der Waals surface area contributed by atoms with Crippen molar-refractivity contribution in [2.75, 3.05) is 32.8 Å². The first-order valence-electron chi connectivity index (χ1n) is 13.7. The van der Waals surface area contributed by atoms with Gasteiger partial charge in [-0.2, -0.15) is 0 Å². The number of nitrogens with zero attached hydrogens (tertiary/aromatic N) is 1. The summed E-state index contributed by atoms with van der Waals surface area (Å²) >= 11 is 0. The van der Waals surface area contributed by atoms with E-state index in [4.69, 9.17) is 9.84 Å². The lowest BCUT2D eigenvalue weighted by Crippen LogP contribution is -2.27. The highest BCUT2D eigenvalue weighted by Crippen LogP contribution is 2.10. The van der Waals surface area contributed by atoms with Crippen molar-refractivity contribution in [1.82, 2.24) is 4.90 Å². The molecule has 188 valence electrons. The molecule has 1 N–H and O–H groups in total. The first-order valence-corrected chi connectivity index (χ1v) is 13.7. The van der Waals surface area contributed by atoms with Crippen LogP contribution in [0.15, 0.2) is 0 Å². The lowest BCUT2D eigenvalue weighted by molar-refractivity contribution is -0.143. The van der Waals surface area contributed by atoms with Crippen LogP contribution in [0.1, 0.15) is 129 Å². The van der Waals surface area contributed by atoms with Gasteiger partial charge in [-0.05, 0) is 58.2 Å². The normalized spacial score (nSPS) is 10.9. The molecule has 0 bridgehead atoms. The highest BCUT2D eigenvalue weighted by molar-refractivity contribution is 5.69. The number of aliphatic hydroxyl groups excluding tert-OH is 1. The molecule has 0 radical (unpaired) electrons. The highest BCUT2D eigenvalue weighted by atomic mass is 16.5. The van der Waals surface area contributed by atoms with Gasteiger partial charge in [-0.25, -0.2) is 0 Å². The van der Waals surface area contributed by atoms with E-state index in [1.54, 1.807) is 0 Å². The van der Waals surface area contributed by atoms with E-state index in [0.29, 0.717) is 26.1 Å². The minimum atomic E-state index is -0.0747. The SMILES string of the molecule is CCCCC#CCCOC(=O)CCCCCCCN(CCCCO)CCCCCCCC. The van der Waals surface area contributed by atoms with Crippen LogP contribution in [-0.4, -0.2) is 48.8 Å². The molecule has 0 heterocycles. The van der Waals surface area contributed by atoms with Crippen molar-refractivity contribution in [3.63, 3.8) is 0 Å². The van der Waals surface area contributed by atoms with E-state index >= 15 is 0 Å². The summed E-state index contributed by atoms with van der Waals surface area (Å²) in [6.45, 7) is 8.65. The van der Waals surface area contributed by atoms with E-state index in [2.05, 4.69) is 30.6 Å². The maximum absolute atomic E-state index is 11.8. The fourth-order valence-corrected chi connectivity index (χ4v) is 3.76. The van der Waals surface area contributed by atoms with Crippen molar-refractivity contribution in [2.24, 2.45) is 0 Å². The third-order valence-electron chi connectivity index (χ3n) is 5.84. The Morgan fingerprint density at radius 1 is 0.688 bits per heavy atom. The highest BCUT2D eigenvalue weighted by Gasteiger charge is 2.05. The second-order valence-electron chi connectivity index (χ2n) is 8.99. The van der Waals surface area contributed by atoms with Gasteiger partial charge in [0.1, 0.15) is 6.61 Å². The summed E-state index contributed by atoms with van der Waals surface area (Å²) < 4.78 is 5.26. The molecule has 0 fully saturated rings. The number of unbranched alkanes of at least 4 members (excludes halogenated alkanes) is 12. The molecule has 0 amide bonds. The number of hydrogen-bond donors (Lipinski definition) is 1. The minimum Gasteiger partial charge on any atom is -0.465 e. The van der Waals surface area contributed by atoms with Gasteiger partial charge >= 0.3 is 5.97 Å². The van der Waals surface area contributed by atoms with Crippen molar-refractivity contribution in [2.45, 2.75) is 129 Å². The molecule has 0 aliphatic rings. The van der Waals surface area contributed by atoms with Crippen LogP contribution in [0.25, 0.3) is 0 Å². The van der Waals surface area contributed by atoms with E-state index in [1.807, 2.05) is 0 Å². The summed E-state index contributed by atoms with van der Waals surface area (Å²) in [5, 5.41) is 9.05. The number of aliphatic hydroxyl groups is 1. The summed E-state index contributed by atoms with van der Waals surface area (Å²) in [6.07, 6.45) is 20.2. The van der Waals surface area contributed by atoms with Gasteiger partial charge in [0, 0.05) is 25.9 Å². The van der Waals surface area contributed by atoms with Crippen molar-refractivity contribution >= 4 is 5.97 Å². The van der Waals surface area contributed by atoms with Crippen molar-refractivity contribution in [3.8, 4) is 11.8 Å². The molecule has 0 unspecified atom stereocenters. The third kappa shape index (κ3) is 23.6. The molecule has 0 aromatic rings. The Bertz CT molecular complexity index is 455. The summed E-state index contributed by atoms with van der Waals surface area (Å²) in [5.41, 5.74) is 0. The molecule has 4 nitrogen and oxygen atoms in total. The standard InChI is InChI=1S/C28H53NO3/c1-3-5-7-9-13-17-23-29(25-19-20-26-30)24-18-14-11-12-16-22-28(31)32-27-21-15-10-8-6-4-2/h30H,3-9,11-14,16-27H2,1-2H3. The zero-order chi connectivity index (χ0) is 23.5. The predicted molar refractivity (Wildman–Crippen MR) is 137 cm³/mol. The number of carbonyl (C=O) groups is 1. The summed E-state index contributed by atoms with van der Waals surface area (Å²) in [5.74, 6) is 6.12. The van der Waals surface area contributed by atoms with Crippen LogP contribution in [0.5, 0.6) is 0 Å². The molecule has 0 rings (SSSR count). The molecule has 0 spiro atoms. The topological polar surface area (TPSA) is 49.8 Å². The average molecular weight is 452 g/mol. The van der Waals surface area contributed by atoms with E-state index < -0.39 is 0 Å². The van der Waals surface area contributed by atoms with Crippen LogP contribution in [0.4, 0.5) is 0 Å². The van der Waals surface area contributed by atoms with E-state index in [9.17, 15) is 4.79 Å². The lowest BCUT2D eigenvalue weighted by atomic mass is 10.1. The van der Waals surface area contributed by atoms with Gasteiger partial charge in [0.15, 0.2) is 0 Å². The Labute approximate surface area is 199 Å². The van der Waals surface area contributed by atoms with Gasteiger partial charge in [0.05, 0.1) is 0 Å². The van der Waals surface area contributed by atoms with E-state index in [0.717, 1.165) is 45.1 Å². The Morgan fingerprint density at radius 2 is 1.22 bits per heavy atom. The van der Waals surface area contributed by atoms with Gasteiger partial charge in [-0.1, -0.05) is 77.6 Å². The average Bonchev–Trinajstić information content (AvgIpc) is 2.79. The molecule has 0 aliphatic heterocycles. The Kier molecular flexibility index (Phi) is 25.3. The molecular weight excluding hydrogens is 398 g/mol. The number of ether oxygens (including phenoxy) is 1. The minimum absolute atomic E-state index is 0.0747. The Balaban J connectivity index is 3.70. The van der Waals surface area contributed by atoms with Crippen molar-refractivity contribution < 1.29 is 14.6 Å². The quantitative estimate of drug-likeness (QED) is 0.104. The number of hydrogen-bond acceptors (Lipinski definition) is 4. The molecule has 4 heteroatoms. The van der Waals surface area contributed by atoms with Gasteiger partial charge in [-0.3, -0.25) is 4.79 Å². The number of esters is 1. The number of carbonyl (C=O) groups excluding carboxylic acids is 1. The monoisotopic (exact) mass is 451 g/mol. The second kappa shape index (κ2) is 26.2. The van der Waals surface area contributed by atoms with Gasteiger partial charge in [0.2, 0.25) is 0 Å².